The van der Waals surface area contributed by atoms with Crippen LogP contribution >= 0.6 is 0 Å². The van der Waals surface area contributed by atoms with Gasteiger partial charge in [-0.1, -0.05) is 65.0 Å². The first-order chi connectivity index (χ1) is 12.3. The third kappa shape index (κ3) is 22.4. The highest BCUT2D eigenvalue weighted by molar-refractivity contribution is 5.86. The maximum atomic E-state index is 11.0. The number of ether oxygens (including phenoxy) is 2. The van der Waals surface area contributed by atoms with Gasteiger partial charge in [0, 0.05) is 18.2 Å². The molecule has 5 nitrogen and oxygen atoms in total. The molecular weight excluding hydrogens is 330 g/mol. The average molecular weight is 370 g/mol. The maximum absolute atomic E-state index is 11.0. The number of hydrogen-bond donors (Lipinski definition) is 0. The zero-order chi connectivity index (χ0) is 20.2. The number of esters is 2. The normalized spacial score (nSPS) is 9.88. The zero-order valence-corrected chi connectivity index (χ0v) is 17.3. The predicted molar refractivity (Wildman–Crippen MR) is 108 cm³/mol. The van der Waals surface area contributed by atoms with Gasteiger partial charge in [0.15, 0.2) is 0 Å². The van der Waals surface area contributed by atoms with Gasteiger partial charge in [0.25, 0.3) is 0 Å². The SMILES string of the molecule is C=C(C)C(=O)OCCCCCCCCCC.C=CC(=O)OCCN(C)C. The topological polar surface area (TPSA) is 55.8 Å². The van der Waals surface area contributed by atoms with E-state index in [1.807, 2.05) is 19.0 Å². The minimum atomic E-state index is -0.359. The molecule has 0 amide bonds. The van der Waals surface area contributed by atoms with Crippen LogP contribution in [0.5, 0.6) is 0 Å². The molecule has 0 fully saturated rings. The van der Waals surface area contributed by atoms with E-state index in [-0.39, 0.29) is 11.9 Å². The average Bonchev–Trinajstić information content (AvgIpc) is 2.60. The Morgan fingerprint density at radius 2 is 1.46 bits per heavy atom. The number of nitrogens with zero attached hydrogens (tertiary/aromatic N) is 1. The molecule has 0 saturated carbocycles. The molecule has 0 rings (SSSR count). The van der Waals surface area contributed by atoms with E-state index < -0.39 is 0 Å². The van der Waals surface area contributed by atoms with E-state index >= 15 is 0 Å². The number of rotatable bonds is 14. The molecule has 26 heavy (non-hydrogen) atoms. The van der Waals surface area contributed by atoms with Crippen molar-refractivity contribution in [1.29, 1.82) is 0 Å². The van der Waals surface area contributed by atoms with Gasteiger partial charge >= 0.3 is 11.9 Å². The molecule has 0 aliphatic rings. The predicted octanol–water partition coefficient (Wildman–Crippen LogP) is 4.52. The molecule has 0 unspecified atom stereocenters. The summed E-state index contributed by atoms with van der Waals surface area (Å²) in [6, 6.07) is 0. The largest absolute Gasteiger partial charge is 0.462 e. The van der Waals surface area contributed by atoms with Crippen molar-refractivity contribution in [2.45, 2.75) is 65.2 Å². The Morgan fingerprint density at radius 1 is 0.923 bits per heavy atom. The second kappa shape index (κ2) is 19.7. The molecule has 0 spiro atoms. The summed E-state index contributed by atoms with van der Waals surface area (Å²) in [6.07, 6.45) is 11.2. The first kappa shape index (κ1) is 26.6. The van der Waals surface area contributed by atoms with Crippen LogP contribution in [0.3, 0.4) is 0 Å². The smallest absolute Gasteiger partial charge is 0.333 e. The Bertz CT molecular complexity index is 391. The van der Waals surface area contributed by atoms with Crippen LogP contribution in [0, 0.1) is 0 Å². The van der Waals surface area contributed by atoms with Crippen LogP contribution in [0.2, 0.25) is 0 Å². The minimum Gasteiger partial charge on any atom is -0.462 e. The summed E-state index contributed by atoms with van der Waals surface area (Å²) in [4.78, 5) is 23.4. The summed E-state index contributed by atoms with van der Waals surface area (Å²) < 4.78 is 9.71. The first-order valence-corrected chi connectivity index (χ1v) is 9.61. The van der Waals surface area contributed by atoms with Crippen molar-refractivity contribution in [3.8, 4) is 0 Å². The number of carbonyl (C=O) groups excluding carboxylic acids is 2. The molecule has 0 N–H and O–H groups in total. The molecule has 0 bridgehead atoms. The molecule has 0 aromatic rings. The van der Waals surface area contributed by atoms with E-state index in [9.17, 15) is 9.59 Å². The Labute approximate surface area is 160 Å². The number of unbranched alkanes of at least 4 members (excludes halogenated alkanes) is 7. The van der Waals surface area contributed by atoms with E-state index in [4.69, 9.17) is 9.47 Å². The van der Waals surface area contributed by atoms with Crippen molar-refractivity contribution in [3.05, 3.63) is 24.8 Å². The minimum absolute atomic E-state index is 0.261. The van der Waals surface area contributed by atoms with Crippen LogP contribution in [-0.2, 0) is 19.1 Å². The molecule has 0 atom stereocenters. The summed E-state index contributed by atoms with van der Waals surface area (Å²) in [5.74, 6) is -0.621. The van der Waals surface area contributed by atoms with Crippen LogP contribution in [0.4, 0.5) is 0 Å². The lowest BCUT2D eigenvalue weighted by Crippen LogP contribution is -2.19. The molecule has 0 aromatic heterocycles. The van der Waals surface area contributed by atoms with Crippen molar-refractivity contribution < 1.29 is 19.1 Å². The molecule has 0 heterocycles. The third-order valence-corrected chi connectivity index (χ3v) is 3.53. The molecule has 0 aromatic carbocycles. The Balaban J connectivity index is 0. The van der Waals surface area contributed by atoms with Crippen molar-refractivity contribution in [2.24, 2.45) is 0 Å². The number of carbonyl (C=O) groups is 2. The lowest BCUT2D eigenvalue weighted by molar-refractivity contribution is -0.139. The van der Waals surface area contributed by atoms with E-state index in [1.54, 1.807) is 6.92 Å². The number of likely N-dealkylation sites (N-methyl/N-ethyl adjacent to an activating group) is 1. The Kier molecular flexibility index (Phi) is 20.2. The first-order valence-electron chi connectivity index (χ1n) is 9.61. The highest BCUT2D eigenvalue weighted by Crippen LogP contribution is 2.08. The molecule has 152 valence electrons. The van der Waals surface area contributed by atoms with Gasteiger partial charge in [0.1, 0.15) is 6.61 Å². The second-order valence-corrected chi connectivity index (χ2v) is 6.57. The third-order valence-electron chi connectivity index (χ3n) is 3.53. The van der Waals surface area contributed by atoms with Gasteiger partial charge in [-0.3, -0.25) is 0 Å². The van der Waals surface area contributed by atoms with Gasteiger partial charge in [0.05, 0.1) is 6.61 Å². The van der Waals surface area contributed by atoms with Crippen molar-refractivity contribution in [3.63, 3.8) is 0 Å². The van der Waals surface area contributed by atoms with Crippen molar-refractivity contribution >= 4 is 11.9 Å². The summed E-state index contributed by atoms with van der Waals surface area (Å²) in [5, 5.41) is 0. The van der Waals surface area contributed by atoms with Gasteiger partial charge < -0.3 is 14.4 Å². The van der Waals surface area contributed by atoms with E-state index in [0.717, 1.165) is 25.5 Å². The fourth-order valence-corrected chi connectivity index (χ4v) is 1.91. The summed E-state index contributed by atoms with van der Waals surface area (Å²) in [7, 11) is 3.84. The van der Waals surface area contributed by atoms with Gasteiger partial charge in [-0.2, -0.15) is 0 Å². The molecule has 0 saturated heterocycles. The molecule has 5 heteroatoms. The summed E-state index contributed by atoms with van der Waals surface area (Å²) in [6.45, 7) is 12.4. The quantitative estimate of drug-likeness (QED) is 0.256. The van der Waals surface area contributed by atoms with Crippen LogP contribution < -0.4 is 0 Å². The maximum Gasteiger partial charge on any atom is 0.333 e. The summed E-state index contributed by atoms with van der Waals surface area (Å²) >= 11 is 0. The molecule has 0 radical (unpaired) electrons. The highest BCUT2D eigenvalue weighted by atomic mass is 16.5. The Morgan fingerprint density at radius 3 is 1.92 bits per heavy atom. The van der Waals surface area contributed by atoms with Gasteiger partial charge in [0.2, 0.25) is 0 Å². The monoisotopic (exact) mass is 369 g/mol. The van der Waals surface area contributed by atoms with Crippen molar-refractivity contribution in [2.75, 3.05) is 33.9 Å². The van der Waals surface area contributed by atoms with Gasteiger partial charge in [-0.25, -0.2) is 9.59 Å². The van der Waals surface area contributed by atoms with Crippen molar-refractivity contribution in [1.82, 2.24) is 4.90 Å². The van der Waals surface area contributed by atoms with E-state index in [2.05, 4.69) is 20.1 Å². The van der Waals surface area contributed by atoms with Crippen LogP contribution in [-0.4, -0.2) is 50.7 Å². The summed E-state index contributed by atoms with van der Waals surface area (Å²) in [5.41, 5.74) is 0.486. The van der Waals surface area contributed by atoms with E-state index in [1.165, 1.54) is 38.5 Å². The molecule has 0 aliphatic heterocycles. The Hall–Kier alpha value is -1.62. The highest BCUT2D eigenvalue weighted by Gasteiger charge is 2.01. The van der Waals surface area contributed by atoms with Crippen LogP contribution in [0.1, 0.15) is 65.2 Å². The second-order valence-electron chi connectivity index (χ2n) is 6.57. The zero-order valence-electron chi connectivity index (χ0n) is 17.3. The molecule has 0 aliphatic carbocycles. The lowest BCUT2D eigenvalue weighted by atomic mass is 10.1. The standard InChI is InChI=1S/C14H26O2.C7H13NO2/c1-4-5-6-7-8-9-10-11-12-16-14(15)13(2)3;1-4-7(9)10-6-5-8(2)3/h2,4-12H2,1,3H3;4H,1,5-6H2,2-3H3. The lowest BCUT2D eigenvalue weighted by Gasteiger charge is -2.07. The van der Waals surface area contributed by atoms with Gasteiger partial charge in [-0.15, -0.1) is 0 Å². The van der Waals surface area contributed by atoms with Gasteiger partial charge in [-0.05, 0) is 27.4 Å². The number of hydrogen-bond acceptors (Lipinski definition) is 5. The van der Waals surface area contributed by atoms with E-state index in [0.29, 0.717) is 18.8 Å². The van der Waals surface area contributed by atoms with Crippen LogP contribution in [0.25, 0.3) is 0 Å². The fraction of sp³-hybridized carbons (Fsp3) is 0.714. The van der Waals surface area contributed by atoms with Crippen LogP contribution in [0.15, 0.2) is 24.8 Å². The fourth-order valence-electron chi connectivity index (χ4n) is 1.91. The molecular formula is C21H39NO4.